The number of hydrogen-bond acceptors (Lipinski definition) is 1. The monoisotopic (exact) mass is 530 g/mol. The lowest BCUT2D eigenvalue weighted by atomic mass is 9.44. The first-order valence-corrected chi connectivity index (χ1v) is 16.5. The number of nitrogens with one attached hydrogen (secondary N) is 2. The van der Waals surface area contributed by atoms with E-state index in [1.165, 1.54) is 80.2 Å². The molecule has 2 N–H and O–H groups in total. The van der Waals surface area contributed by atoms with Crippen LogP contribution in [0, 0.1) is 59.2 Å². The van der Waals surface area contributed by atoms with Gasteiger partial charge >= 0.3 is 6.03 Å². The molecular formula is C36H54N2O. The molecule has 0 saturated heterocycles. The third-order valence-electron chi connectivity index (χ3n) is 13.0. The van der Waals surface area contributed by atoms with Crippen LogP contribution < -0.4 is 10.6 Å². The topological polar surface area (TPSA) is 41.1 Å². The summed E-state index contributed by atoms with van der Waals surface area (Å²) in [5.74, 6) is 5.96. The fraction of sp³-hybridized carbons (Fsp3) is 0.750. The van der Waals surface area contributed by atoms with Gasteiger partial charge in [-0.25, -0.2) is 4.79 Å². The van der Waals surface area contributed by atoms with Crippen LogP contribution in [0.3, 0.4) is 0 Å². The van der Waals surface area contributed by atoms with Crippen LogP contribution in [0.25, 0.3) is 0 Å². The van der Waals surface area contributed by atoms with Crippen molar-refractivity contribution in [2.45, 2.75) is 118 Å². The van der Waals surface area contributed by atoms with Gasteiger partial charge in [0.2, 0.25) is 0 Å². The number of carbonyl (C=O) groups is 1. The van der Waals surface area contributed by atoms with Crippen molar-refractivity contribution in [1.82, 2.24) is 10.6 Å². The average Bonchev–Trinajstić information content (AvgIpc) is 3.25. The van der Waals surface area contributed by atoms with E-state index < -0.39 is 0 Å². The van der Waals surface area contributed by atoms with Crippen molar-refractivity contribution in [3.05, 3.63) is 46.7 Å². The molecule has 2 amide bonds. The van der Waals surface area contributed by atoms with Gasteiger partial charge in [0.1, 0.15) is 0 Å². The molecule has 3 heteroatoms. The normalized spacial score (nSPS) is 40.2. The number of fused-ring (bicyclic) bond motifs is 5. The summed E-state index contributed by atoms with van der Waals surface area (Å²) in [7, 11) is 0. The summed E-state index contributed by atoms with van der Waals surface area (Å²) < 4.78 is 0. The molecule has 1 heterocycles. The molecule has 0 aromatic heterocycles. The van der Waals surface area contributed by atoms with E-state index in [1.54, 1.807) is 0 Å². The van der Waals surface area contributed by atoms with E-state index in [9.17, 15) is 4.79 Å². The summed E-state index contributed by atoms with van der Waals surface area (Å²) in [6, 6.07) is 8.82. The van der Waals surface area contributed by atoms with Crippen molar-refractivity contribution in [3.8, 4) is 0 Å². The maximum Gasteiger partial charge on any atom is 0.319 e. The Bertz CT molecular complexity index is 1100. The highest BCUT2D eigenvalue weighted by Gasteiger charge is 2.61. The summed E-state index contributed by atoms with van der Waals surface area (Å²) in [5.41, 5.74) is 6.10. The van der Waals surface area contributed by atoms with Crippen LogP contribution in [0.5, 0.6) is 0 Å². The molecule has 9 atom stereocenters. The van der Waals surface area contributed by atoms with Crippen molar-refractivity contribution in [1.29, 1.82) is 0 Å². The zero-order chi connectivity index (χ0) is 27.5. The molecule has 1 aromatic rings. The first kappa shape index (κ1) is 27.4. The fourth-order valence-corrected chi connectivity index (χ4v) is 10.9. The summed E-state index contributed by atoms with van der Waals surface area (Å²) >= 11 is 0. The summed E-state index contributed by atoms with van der Waals surface area (Å²) in [6.45, 7) is 14.9. The van der Waals surface area contributed by atoms with Crippen molar-refractivity contribution < 1.29 is 4.79 Å². The molecule has 6 rings (SSSR count). The maximum absolute atomic E-state index is 12.7. The maximum atomic E-state index is 12.7. The summed E-state index contributed by atoms with van der Waals surface area (Å²) in [4.78, 5) is 12.7. The Morgan fingerprint density at radius 1 is 0.923 bits per heavy atom. The predicted molar refractivity (Wildman–Crippen MR) is 161 cm³/mol. The fourth-order valence-electron chi connectivity index (χ4n) is 10.9. The molecule has 5 aliphatic rings. The Labute approximate surface area is 238 Å². The highest BCUT2D eigenvalue weighted by molar-refractivity contribution is 5.79. The second-order valence-electron chi connectivity index (χ2n) is 15.5. The van der Waals surface area contributed by atoms with Gasteiger partial charge < -0.3 is 10.6 Å². The number of benzene rings is 1. The van der Waals surface area contributed by atoms with Gasteiger partial charge in [-0.3, -0.25) is 0 Å². The molecule has 0 spiro atoms. The standard InChI is InChI=1S/C36H54N2O/c1-22(2)8-7-9-24(4)29-16-17-30-27-15-14-26-20-32-28(21-36(26,6)31(27)18-19-35(29,30)5)33(38-34(39)37-32)25-12-10-23(3)11-13-25/h10-13,22,24,26-27,29-31,33H,7-9,14-21H2,1-6H3,(H2,37,38,39)/t24-,26?,27+,29-,30+,31+,33?,35-,36+/m1/s1. The zero-order valence-corrected chi connectivity index (χ0v) is 25.6. The van der Waals surface area contributed by atoms with Gasteiger partial charge in [0, 0.05) is 5.70 Å². The van der Waals surface area contributed by atoms with Gasteiger partial charge in [-0.15, -0.1) is 0 Å². The Hall–Kier alpha value is -1.77. The van der Waals surface area contributed by atoms with Crippen LogP contribution in [-0.2, 0) is 0 Å². The number of hydrogen-bond donors (Lipinski definition) is 2. The largest absolute Gasteiger partial charge is 0.327 e. The zero-order valence-electron chi connectivity index (χ0n) is 25.6. The third kappa shape index (κ3) is 4.68. The van der Waals surface area contributed by atoms with Crippen LogP contribution in [0.4, 0.5) is 4.79 Å². The molecule has 0 bridgehead atoms. The highest BCUT2D eigenvalue weighted by Crippen LogP contribution is 2.69. The molecule has 1 aliphatic heterocycles. The Kier molecular flexibility index (Phi) is 7.20. The quantitative estimate of drug-likeness (QED) is 0.378. The molecule has 3 nitrogen and oxygen atoms in total. The van der Waals surface area contributed by atoms with Crippen molar-refractivity contribution >= 4 is 6.03 Å². The molecule has 214 valence electrons. The molecular weight excluding hydrogens is 476 g/mol. The number of rotatable bonds is 6. The van der Waals surface area contributed by atoms with Gasteiger partial charge in [0.15, 0.2) is 0 Å². The lowest BCUT2D eigenvalue weighted by Gasteiger charge is -2.61. The third-order valence-corrected chi connectivity index (χ3v) is 13.0. The van der Waals surface area contributed by atoms with Gasteiger partial charge in [-0.2, -0.15) is 0 Å². The van der Waals surface area contributed by atoms with E-state index in [0.29, 0.717) is 16.7 Å². The minimum atomic E-state index is -0.0236. The van der Waals surface area contributed by atoms with Crippen molar-refractivity contribution in [2.75, 3.05) is 0 Å². The van der Waals surface area contributed by atoms with E-state index in [-0.39, 0.29) is 12.1 Å². The van der Waals surface area contributed by atoms with Gasteiger partial charge in [0.05, 0.1) is 6.04 Å². The molecule has 3 fully saturated rings. The SMILES string of the molecule is Cc1ccc(C2NC(=O)NC3=C2C[C@@]2(C)C(CC[C@H]4[C@@H]5CC[C@H]([C@H](C)CCCC(C)C)[C@@]5(C)CC[C@@H]42)C3)cc1. The van der Waals surface area contributed by atoms with E-state index in [0.717, 1.165) is 48.3 Å². The van der Waals surface area contributed by atoms with Gasteiger partial charge in [0.25, 0.3) is 0 Å². The molecule has 4 aliphatic carbocycles. The highest BCUT2D eigenvalue weighted by atomic mass is 16.2. The molecule has 2 unspecified atom stereocenters. The first-order valence-electron chi connectivity index (χ1n) is 16.5. The molecule has 3 saturated carbocycles. The predicted octanol–water partition coefficient (Wildman–Crippen LogP) is 9.33. The smallest absolute Gasteiger partial charge is 0.319 e. The van der Waals surface area contributed by atoms with Crippen LogP contribution in [-0.4, -0.2) is 6.03 Å². The van der Waals surface area contributed by atoms with Crippen molar-refractivity contribution in [3.63, 3.8) is 0 Å². The molecule has 0 radical (unpaired) electrons. The van der Waals surface area contributed by atoms with Crippen LogP contribution >= 0.6 is 0 Å². The molecule has 39 heavy (non-hydrogen) atoms. The van der Waals surface area contributed by atoms with E-state index >= 15 is 0 Å². The van der Waals surface area contributed by atoms with E-state index in [4.69, 9.17) is 0 Å². The van der Waals surface area contributed by atoms with Gasteiger partial charge in [-0.05, 0) is 122 Å². The number of allylic oxidation sites excluding steroid dienone is 1. The number of urea groups is 1. The molecule has 1 aromatic carbocycles. The lowest BCUT2D eigenvalue weighted by Crippen LogP contribution is -2.56. The van der Waals surface area contributed by atoms with E-state index in [2.05, 4.69) is 76.4 Å². The Morgan fingerprint density at radius 2 is 1.67 bits per heavy atom. The van der Waals surface area contributed by atoms with Crippen LogP contribution in [0.15, 0.2) is 35.5 Å². The minimum Gasteiger partial charge on any atom is -0.327 e. The van der Waals surface area contributed by atoms with Crippen LogP contribution in [0.1, 0.15) is 122 Å². The number of amides is 2. The number of carbonyl (C=O) groups excluding carboxylic acids is 1. The van der Waals surface area contributed by atoms with Crippen LogP contribution in [0.2, 0.25) is 0 Å². The minimum absolute atomic E-state index is 0.0175. The second-order valence-corrected chi connectivity index (χ2v) is 15.5. The Morgan fingerprint density at radius 3 is 2.41 bits per heavy atom. The summed E-state index contributed by atoms with van der Waals surface area (Å²) in [5, 5.41) is 6.58. The average molecular weight is 531 g/mol. The van der Waals surface area contributed by atoms with Gasteiger partial charge in [-0.1, -0.05) is 83.7 Å². The second kappa shape index (κ2) is 10.3. The summed E-state index contributed by atoms with van der Waals surface area (Å²) in [6.07, 6.45) is 15.0. The van der Waals surface area contributed by atoms with Crippen molar-refractivity contribution in [2.24, 2.45) is 52.3 Å². The lowest BCUT2D eigenvalue weighted by molar-refractivity contribution is -0.104. The Balaban J connectivity index is 1.23. The van der Waals surface area contributed by atoms with E-state index in [1.807, 2.05) is 0 Å². The number of aryl methyl sites for hydroxylation is 1. The first-order chi connectivity index (χ1) is 18.6.